The minimum Gasteiger partial charge on any atom is -0.337 e. The van der Waals surface area contributed by atoms with Crippen LogP contribution in [0.15, 0.2) is 18.2 Å². The van der Waals surface area contributed by atoms with Crippen LogP contribution in [0.4, 0.5) is 0 Å². The molecule has 0 aliphatic carbocycles. The quantitative estimate of drug-likeness (QED) is 0.775. The molecule has 0 aromatic heterocycles. The lowest BCUT2D eigenvalue weighted by Gasteiger charge is -2.17. The van der Waals surface area contributed by atoms with Crippen LogP contribution in [0.3, 0.4) is 0 Å². The van der Waals surface area contributed by atoms with E-state index in [4.69, 9.17) is 5.73 Å². The van der Waals surface area contributed by atoms with Gasteiger partial charge in [0.05, 0.1) is 5.56 Å². The smallest absolute Gasteiger partial charge is 0.254 e. The van der Waals surface area contributed by atoms with Crippen LogP contribution in [-0.4, -0.2) is 29.9 Å². The minimum atomic E-state index is 0. The maximum atomic E-state index is 12.2. The summed E-state index contributed by atoms with van der Waals surface area (Å²) >= 11 is 2.21. The largest absolute Gasteiger partial charge is 0.337 e. The van der Waals surface area contributed by atoms with Crippen LogP contribution in [-0.2, 0) is 0 Å². The fourth-order valence-corrected chi connectivity index (χ4v) is 2.51. The number of aryl methyl sites for hydroxylation is 1. The molecule has 1 fully saturated rings. The zero-order valence-electron chi connectivity index (χ0n) is 9.65. The van der Waals surface area contributed by atoms with Gasteiger partial charge in [-0.25, -0.2) is 0 Å². The molecule has 0 bridgehead atoms. The number of rotatable bonds is 1. The minimum absolute atomic E-state index is 0. The van der Waals surface area contributed by atoms with Gasteiger partial charge in [0.15, 0.2) is 0 Å². The van der Waals surface area contributed by atoms with Crippen LogP contribution in [0.25, 0.3) is 0 Å². The lowest BCUT2D eigenvalue weighted by Crippen LogP contribution is -2.32. The summed E-state index contributed by atoms with van der Waals surface area (Å²) in [5, 5.41) is 0. The molecular weight excluding hydrogens is 351 g/mol. The monoisotopic (exact) mass is 366 g/mol. The summed E-state index contributed by atoms with van der Waals surface area (Å²) in [5.41, 5.74) is 7.73. The van der Waals surface area contributed by atoms with Crippen molar-refractivity contribution in [3.8, 4) is 0 Å². The number of nitrogens with two attached hydrogens (primary N) is 1. The maximum Gasteiger partial charge on any atom is 0.254 e. The average Bonchev–Trinajstić information content (AvgIpc) is 2.67. The average molecular weight is 367 g/mol. The Morgan fingerprint density at radius 2 is 2.24 bits per heavy atom. The second kappa shape index (κ2) is 6.02. The number of hydrogen-bond donors (Lipinski definition) is 1. The molecule has 94 valence electrons. The SMILES string of the molecule is Cc1ccc(I)c(C(=O)N2CC[C@@H](N)C2)c1.Cl. The summed E-state index contributed by atoms with van der Waals surface area (Å²) in [6.07, 6.45) is 0.911. The Hall–Kier alpha value is -0.330. The first kappa shape index (κ1) is 14.7. The predicted octanol–water partition coefficient (Wildman–Crippen LogP) is 2.19. The van der Waals surface area contributed by atoms with E-state index in [2.05, 4.69) is 22.6 Å². The Morgan fingerprint density at radius 3 is 2.82 bits per heavy atom. The van der Waals surface area contributed by atoms with Crippen molar-refractivity contribution < 1.29 is 4.79 Å². The van der Waals surface area contributed by atoms with Crippen molar-refractivity contribution >= 4 is 40.9 Å². The van der Waals surface area contributed by atoms with Gasteiger partial charge in [-0.1, -0.05) is 11.6 Å². The number of hydrogen-bond acceptors (Lipinski definition) is 2. The first-order valence-electron chi connectivity index (χ1n) is 5.39. The van der Waals surface area contributed by atoms with Gasteiger partial charge in [-0.2, -0.15) is 0 Å². The highest BCUT2D eigenvalue weighted by atomic mass is 127. The third kappa shape index (κ3) is 3.33. The standard InChI is InChI=1S/C12H15IN2O.ClH/c1-8-2-3-11(13)10(6-8)12(16)15-5-4-9(14)7-15;/h2-3,6,9H,4-5,7,14H2,1H3;1H/t9-;/m1./s1. The molecule has 0 radical (unpaired) electrons. The third-order valence-electron chi connectivity index (χ3n) is 2.86. The van der Waals surface area contributed by atoms with Gasteiger partial charge in [-0.3, -0.25) is 4.79 Å². The molecule has 3 nitrogen and oxygen atoms in total. The van der Waals surface area contributed by atoms with E-state index in [1.807, 2.05) is 30.0 Å². The summed E-state index contributed by atoms with van der Waals surface area (Å²) in [4.78, 5) is 14.1. The second-order valence-electron chi connectivity index (χ2n) is 4.28. The molecule has 1 aromatic rings. The highest BCUT2D eigenvalue weighted by Crippen LogP contribution is 2.18. The molecule has 2 N–H and O–H groups in total. The van der Waals surface area contributed by atoms with Gasteiger partial charge in [-0.15, -0.1) is 12.4 Å². The summed E-state index contributed by atoms with van der Waals surface area (Å²) in [5.74, 6) is 0.112. The molecule has 1 heterocycles. The van der Waals surface area contributed by atoms with Gasteiger partial charge in [0, 0.05) is 22.7 Å². The van der Waals surface area contributed by atoms with E-state index in [1.54, 1.807) is 0 Å². The van der Waals surface area contributed by atoms with Crippen LogP contribution >= 0.6 is 35.0 Å². The maximum absolute atomic E-state index is 12.2. The van der Waals surface area contributed by atoms with Crippen molar-refractivity contribution in [1.82, 2.24) is 4.90 Å². The van der Waals surface area contributed by atoms with Crippen molar-refractivity contribution in [2.24, 2.45) is 5.73 Å². The van der Waals surface area contributed by atoms with Crippen molar-refractivity contribution in [2.75, 3.05) is 13.1 Å². The zero-order chi connectivity index (χ0) is 11.7. The molecule has 5 heteroatoms. The molecule has 0 spiro atoms. The van der Waals surface area contributed by atoms with E-state index < -0.39 is 0 Å². The Balaban J connectivity index is 0.00000144. The van der Waals surface area contributed by atoms with E-state index in [0.29, 0.717) is 6.54 Å². The summed E-state index contributed by atoms with van der Waals surface area (Å²) < 4.78 is 1.01. The Bertz CT molecular complexity index is 425. The normalized spacial score (nSPS) is 19.0. The molecule has 1 aliphatic heterocycles. The number of nitrogens with zero attached hydrogens (tertiary/aromatic N) is 1. The second-order valence-corrected chi connectivity index (χ2v) is 5.45. The molecule has 17 heavy (non-hydrogen) atoms. The van der Waals surface area contributed by atoms with Gasteiger partial charge in [0.25, 0.3) is 5.91 Å². The number of likely N-dealkylation sites (tertiary alicyclic amines) is 1. The Morgan fingerprint density at radius 1 is 1.53 bits per heavy atom. The van der Waals surface area contributed by atoms with E-state index in [-0.39, 0.29) is 24.4 Å². The van der Waals surface area contributed by atoms with Gasteiger partial charge in [0.1, 0.15) is 0 Å². The van der Waals surface area contributed by atoms with Gasteiger partial charge in [0.2, 0.25) is 0 Å². The van der Waals surface area contributed by atoms with Crippen LogP contribution < -0.4 is 5.73 Å². The van der Waals surface area contributed by atoms with E-state index in [9.17, 15) is 4.79 Å². The molecule has 2 rings (SSSR count). The molecule has 1 amide bonds. The summed E-state index contributed by atoms with van der Waals surface area (Å²) in [6, 6.07) is 6.10. The van der Waals surface area contributed by atoms with Gasteiger partial charge < -0.3 is 10.6 Å². The highest BCUT2D eigenvalue weighted by Gasteiger charge is 2.25. The van der Waals surface area contributed by atoms with E-state index in [0.717, 1.165) is 27.7 Å². The molecule has 1 aromatic carbocycles. The summed E-state index contributed by atoms with van der Waals surface area (Å²) in [7, 11) is 0. The first-order chi connectivity index (χ1) is 7.58. The van der Waals surface area contributed by atoms with Crippen LogP contribution in [0, 0.1) is 10.5 Å². The van der Waals surface area contributed by atoms with Crippen molar-refractivity contribution in [2.45, 2.75) is 19.4 Å². The lowest BCUT2D eigenvalue weighted by atomic mass is 10.1. The predicted molar refractivity (Wildman–Crippen MR) is 79.6 cm³/mol. The number of amides is 1. The fourth-order valence-electron chi connectivity index (χ4n) is 1.95. The third-order valence-corrected chi connectivity index (χ3v) is 3.80. The number of carbonyl (C=O) groups is 1. The summed E-state index contributed by atoms with van der Waals surface area (Å²) in [6.45, 7) is 3.47. The molecule has 1 atom stereocenters. The Kier molecular flexibility index (Phi) is 5.22. The van der Waals surface area contributed by atoms with Crippen LogP contribution in [0.1, 0.15) is 22.3 Å². The zero-order valence-corrected chi connectivity index (χ0v) is 12.6. The number of benzene rings is 1. The van der Waals surface area contributed by atoms with Gasteiger partial charge >= 0.3 is 0 Å². The van der Waals surface area contributed by atoms with E-state index >= 15 is 0 Å². The molecular formula is C12H16ClIN2O. The van der Waals surface area contributed by atoms with E-state index in [1.165, 1.54) is 0 Å². The highest BCUT2D eigenvalue weighted by molar-refractivity contribution is 14.1. The number of halogens is 2. The van der Waals surface area contributed by atoms with Crippen molar-refractivity contribution in [1.29, 1.82) is 0 Å². The molecule has 0 unspecified atom stereocenters. The molecule has 0 saturated carbocycles. The number of carbonyl (C=O) groups excluding carboxylic acids is 1. The van der Waals surface area contributed by atoms with Gasteiger partial charge in [-0.05, 0) is 48.1 Å². The Labute approximate surface area is 121 Å². The van der Waals surface area contributed by atoms with Crippen molar-refractivity contribution in [3.63, 3.8) is 0 Å². The molecule has 1 aliphatic rings. The topological polar surface area (TPSA) is 46.3 Å². The fraction of sp³-hybridized carbons (Fsp3) is 0.417. The van der Waals surface area contributed by atoms with Crippen LogP contribution in [0.5, 0.6) is 0 Å². The van der Waals surface area contributed by atoms with Crippen LogP contribution in [0.2, 0.25) is 0 Å². The lowest BCUT2D eigenvalue weighted by molar-refractivity contribution is 0.0789. The molecule has 1 saturated heterocycles. The van der Waals surface area contributed by atoms with Crippen molar-refractivity contribution in [3.05, 3.63) is 32.9 Å². The first-order valence-corrected chi connectivity index (χ1v) is 6.47.